The van der Waals surface area contributed by atoms with E-state index in [1.807, 2.05) is 0 Å². The molecule has 0 aliphatic rings. The van der Waals surface area contributed by atoms with E-state index in [4.69, 9.17) is 37.8 Å². The largest absolute Gasteiger partial charge is 0.480 e. The van der Waals surface area contributed by atoms with E-state index in [-0.39, 0.29) is 37.5 Å². The number of primary sulfonamides is 1. The van der Waals surface area contributed by atoms with E-state index in [2.05, 4.69) is 10.6 Å². The lowest BCUT2D eigenvalue weighted by atomic mass is 10.1. The summed E-state index contributed by atoms with van der Waals surface area (Å²) < 4.78 is 22.7. The fourth-order valence-electron chi connectivity index (χ4n) is 4.33. The third kappa shape index (κ3) is 17.5. The van der Waals surface area contributed by atoms with Crippen molar-refractivity contribution in [3.8, 4) is 0 Å². The molecule has 0 amide bonds. The summed E-state index contributed by atoms with van der Waals surface area (Å²) in [4.78, 5) is 60.7. The number of hydrogen-bond donors (Lipinski definition) is 8. The fourth-order valence-corrected chi connectivity index (χ4v) is 5.01. The molecule has 258 valence electrons. The monoisotopic (exact) mass is 692 g/mol. The molecule has 0 aromatic heterocycles. The molecule has 0 aliphatic heterocycles. The molecule has 18 nitrogen and oxygen atoms in total. The Balaban J connectivity index is 2.80. The van der Waals surface area contributed by atoms with Crippen LogP contribution in [0.1, 0.15) is 24.8 Å². The van der Waals surface area contributed by atoms with Gasteiger partial charge < -0.3 is 36.2 Å². The number of carboxylic acids is 5. The maximum Gasteiger partial charge on any atom is 0.320 e. The number of carbonyl (C=O) groups is 5. The van der Waals surface area contributed by atoms with E-state index >= 15 is 0 Å². The molecule has 0 heterocycles. The molecular weight excluding hydrogens is 652 g/mol. The smallest absolute Gasteiger partial charge is 0.320 e. The molecule has 0 radical (unpaired) electrons. The van der Waals surface area contributed by atoms with Crippen molar-refractivity contribution < 1.29 is 57.9 Å². The van der Waals surface area contributed by atoms with Crippen LogP contribution in [0.25, 0.3) is 0 Å². The second-order valence-electron chi connectivity index (χ2n) is 10.2. The summed E-state index contributed by atoms with van der Waals surface area (Å²) in [5.74, 6) is -6.34. The lowest BCUT2D eigenvalue weighted by molar-refractivity contribution is -0.146. The van der Waals surface area contributed by atoms with Crippen LogP contribution in [0, 0.1) is 0 Å². The zero-order chi connectivity index (χ0) is 34.9. The molecule has 0 aliphatic carbocycles. The number of rotatable bonds is 24. The van der Waals surface area contributed by atoms with Crippen LogP contribution in [0.2, 0.25) is 0 Å². The lowest BCUT2D eigenvalue weighted by Crippen LogP contribution is -2.50. The minimum Gasteiger partial charge on any atom is -0.480 e. The van der Waals surface area contributed by atoms with Crippen LogP contribution in [0.4, 0.5) is 0 Å². The van der Waals surface area contributed by atoms with E-state index in [0.717, 1.165) is 15.4 Å². The van der Waals surface area contributed by atoms with Crippen LogP contribution in [0.5, 0.6) is 0 Å². The SMILES string of the molecule is NS(=O)(=O)c1ccc(CNC(=S)NCCCC[C@@H](C(=O)O)N(CCN(CC(=O)O)CC(=O)O)CCN(CC(=O)O)CC(=O)O)cc1. The van der Waals surface area contributed by atoms with Crippen molar-refractivity contribution in [2.24, 2.45) is 5.14 Å². The van der Waals surface area contributed by atoms with Gasteiger partial charge in [0.15, 0.2) is 5.11 Å². The van der Waals surface area contributed by atoms with Crippen LogP contribution in [0.15, 0.2) is 29.2 Å². The third-order valence-corrected chi connectivity index (χ3v) is 7.68. The molecule has 9 N–H and O–H groups in total. The topological polar surface area (TPSA) is 280 Å². The van der Waals surface area contributed by atoms with E-state index in [1.54, 1.807) is 12.1 Å². The second-order valence-corrected chi connectivity index (χ2v) is 12.2. The quantitative estimate of drug-likeness (QED) is 0.0437. The lowest BCUT2D eigenvalue weighted by Gasteiger charge is -2.32. The van der Waals surface area contributed by atoms with Crippen molar-refractivity contribution in [2.45, 2.75) is 36.7 Å². The molecule has 0 fully saturated rings. The summed E-state index contributed by atoms with van der Waals surface area (Å²) in [5, 5.41) is 57.9. The highest BCUT2D eigenvalue weighted by atomic mass is 32.2. The number of aliphatic carboxylic acids is 5. The van der Waals surface area contributed by atoms with Crippen LogP contribution in [-0.2, 0) is 40.5 Å². The number of thiocarbonyl (C=S) groups is 1. The first-order chi connectivity index (χ1) is 21.5. The number of nitrogens with two attached hydrogens (primary N) is 1. The number of carboxylic acid groups (broad SMARTS) is 5. The van der Waals surface area contributed by atoms with Gasteiger partial charge in [0.05, 0.1) is 31.1 Å². The fraction of sp³-hybridized carbons (Fsp3) is 0.538. The average Bonchev–Trinajstić information content (AvgIpc) is 2.92. The van der Waals surface area contributed by atoms with Gasteiger partial charge in [-0.3, -0.25) is 38.7 Å². The second kappa shape index (κ2) is 20.2. The van der Waals surface area contributed by atoms with E-state index in [1.165, 1.54) is 17.0 Å². The molecule has 0 unspecified atom stereocenters. The summed E-state index contributed by atoms with van der Waals surface area (Å²) >= 11 is 5.24. The molecule has 0 saturated carbocycles. The van der Waals surface area contributed by atoms with Crippen molar-refractivity contribution in [2.75, 3.05) is 58.9 Å². The molecule has 46 heavy (non-hydrogen) atoms. The van der Waals surface area contributed by atoms with Crippen molar-refractivity contribution in [3.63, 3.8) is 0 Å². The molecule has 1 rings (SSSR count). The van der Waals surface area contributed by atoms with Gasteiger partial charge in [0, 0.05) is 39.3 Å². The highest BCUT2D eigenvalue weighted by molar-refractivity contribution is 7.89. The predicted octanol–water partition coefficient (Wildman–Crippen LogP) is -1.83. The summed E-state index contributed by atoms with van der Waals surface area (Å²) in [6.45, 7) is -2.20. The molecule has 0 bridgehead atoms. The number of unbranched alkanes of at least 4 members (excludes halogenated alkanes) is 1. The molecule has 1 atom stereocenters. The first-order valence-electron chi connectivity index (χ1n) is 13.9. The maximum atomic E-state index is 12.3. The van der Waals surface area contributed by atoms with Gasteiger partial charge in [-0.05, 0) is 49.2 Å². The Hall–Kier alpha value is -3.95. The van der Waals surface area contributed by atoms with Gasteiger partial charge in [-0.2, -0.15) is 0 Å². The van der Waals surface area contributed by atoms with Gasteiger partial charge in [0.1, 0.15) is 6.04 Å². The van der Waals surface area contributed by atoms with Gasteiger partial charge in [-0.15, -0.1) is 0 Å². The maximum absolute atomic E-state index is 12.3. The summed E-state index contributed by atoms with van der Waals surface area (Å²) in [6, 6.07) is 4.78. The Kier molecular flexibility index (Phi) is 17.6. The number of benzene rings is 1. The Morgan fingerprint density at radius 2 is 1.20 bits per heavy atom. The van der Waals surface area contributed by atoms with Crippen LogP contribution in [0.3, 0.4) is 0 Å². The van der Waals surface area contributed by atoms with Gasteiger partial charge in [-0.1, -0.05) is 12.1 Å². The average molecular weight is 693 g/mol. The summed E-state index contributed by atoms with van der Waals surface area (Å²) in [7, 11) is -3.81. The standard InChI is InChI=1S/C26H40N6O12S2/c27-46(43,44)19-6-4-18(5-7-19)13-29-26(45)28-8-2-1-3-20(25(41)42)32(11-9-30(14-21(33)34)15-22(35)36)12-10-31(16-23(37)38)17-24(39)40/h4-7,20H,1-3,8-17H2,(H,33,34)(H,35,36)(H,37,38)(H,39,40)(H,41,42)(H2,27,43,44)(H2,28,29,45)/t20-/m0/s1. The number of sulfonamides is 1. The minimum atomic E-state index is -3.81. The van der Waals surface area contributed by atoms with Crippen LogP contribution >= 0.6 is 12.2 Å². The molecule has 1 aromatic carbocycles. The normalized spacial score (nSPS) is 12.2. The summed E-state index contributed by atoms with van der Waals surface area (Å²) in [6.07, 6.45) is 0.986. The first-order valence-corrected chi connectivity index (χ1v) is 15.9. The zero-order valence-corrected chi connectivity index (χ0v) is 26.5. The highest BCUT2D eigenvalue weighted by Crippen LogP contribution is 2.12. The minimum absolute atomic E-state index is 0.0223. The Labute approximate surface area is 270 Å². The number of nitrogens with zero attached hydrogens (tertiary/aromatic N) is 3. The van der Waals surface area contributed by atoms with Crippen molar-refractivity contribution in [3.05, 3.63) is 29.8 Å². The molecule has 20 heteroatoms. The van der Waals surface area contributed by atoms with Crippen molar-refractivity contribution in [1.29, 1.82) is 0 Å². The molecule has 1 aromatic rings. The van der Waals surface area contributed by atoms with Crippen LogP contribution < -0.4 is 15.8 Å². The van der Waals surface area contributed by atoms with Crippen molar-refractivity contribution in [1.82, 2.24) is 25.3 Å². The number of nitrogens with one attached hydrogen (secondary N) is 2. The van der Waals surface area contributed by atoms with E-state index < -0.39 is 72.1 Å². The predicted molar refractivity (Wildman–Crippen MR) is 166 cm³/mol. The van der Waals surface area contributed by atoms with E-state index in [0.29, 0.717) is 31.0 Å². The Bertz CT molecular complexity index is 1240. The van der Waals surface area contributed by atoms with Crippen LogP contribution in [-0.4, -0.2) is 149 Å². The summed E-state index contributed by atoms with van der Waals surface area (Å²) in [5.41, 5.74) is 0.747. The van der Waals surface area contributed by atoms with Gasteiger partial charge >= 0.3 is 29.8 Å². The van der Waals surface area contributed by atoms with Gasteiger partial charge in [-0.25, -0.2) is 13.6 Å². The van der Waals surface area contributed by atoms with E-state index in [9.17, 15) is 37.5 Å². The first kappa shape index (κ1) is 40.1. The van der Waals surface area contributed by atoms with Gasteiger partial charge in [0.25, 0.3) is 0 Å². The zero-order valence-electron chi connectivity index (χ0n) is 24.9. The van der Waals surface area contributed by atoms with Gasteiger partial charge in [0.2, 0.25) is 10.0 Å². The third-order valence-electron chi connectivity index (χ3n) is 6.46. The number of hydrogen-bond acceptors (Lipinski definition) is 11. The molecular formula is C26H40N6O12S2. The Morgan fingerprint density at radius 3 is 1.59 bits per heavy atom. The highest BCUT2D eigenvalue weighted by Gasteiger charge is 2.27. The van der Waals surface area contributed by atoms with Crippen molar-refractivity contribution >= 4 is 57.2 Å². The molecule has 0 spiro atoms. The molecule has 0 saturated heterocycles. The Morgan fingerprint density at radius 1 is 0.739 bits per heavy atom.